The van der Waals surface area contributed by atoms with E-state index in [2.05, 4.69) is 14.8 Å². The van der Waals surface area contributed by atoms with Crippen molar-refractivity contribution >= 4 is 21.6 Å². The lowest BCUT2D eigenvalue weighted by Gasteiger charge is -2.11. The maximum absolute atomic E-state index is 12.4. The smallest absolute Gasteiger partial charge is 0.406 e. The summed E-state index contributed by atoms with van der Waals surface area (Å²) in [6.45, 7) is 0. The van der Waals surface area contributed by atoms with Gasteiger partial charge in [-0.3, -0.25) is 9.52 Å². The molecule has 1 aliphatic rings. The molecule has 0 atom stereocenters. The summed E-state index contributed by atoms with van der Waals surface area (Å²) in [6, 6.07) is 9.89. The van der Waals surface area contributed by atoms with Crippen molar-refractivity contribution in [2.24, 2.45) is 0 Å². The van der Waals surface area contributed by atoms with Crippen LogP contribution in [-0.4, -0.2) is 26.7 Å². The highest BCUT2D eigenvalue weighted by atomic mass is 32.2. The first-order valence-electron chi connectivity index (χ1n) is 7.92. The van der Waals surface area contributed by atoms with Crippen molar-refractivity contribution in [3.63, 3.8) is 0 Å². The number of ether oxygens (including phenoxy) is 1. The molecule has 0 unspecified atom stereocenters. The predicted molar refractivity (Wildman–Crippen MR) is 90.9 cm³/mol. The Morgan fingerprint density at radius 3 is 2.33 bits per heavy atom. The fraction of sp³-hybridized carbons (Fsp3) is 0.235. The lowest BCUT2D eigenvalue weighted by Crippen LogP contribution is -2.25. The van der Waals surface area contributed by atoms with Crippen molar-refractivity contribution in [3.8, 4) is 5.75 Å². The first-order chi connectivity index (χ1) is 12.6. The summed E-state index contributed by atoms with van der Waals surface area (Å²) in [6.07, 6.45) is -3.02. The highest BCUT2D eigenvalue weighted by molar-refractivity contribution is 7.92. The molecule has 3 rings (SSSR count). The summed E-state index contributed by atoms with van der Waals surface area (Å²) in [5.41, 5.74) is 0.463. The predicted octanol–water partition coefficient (Wildman–Crippen LogP) is 3.28. The van der Waals surface area contributed by atoms with E-state index < -0.39 is 22.1 Å². The van der Waals surface area contributed by atoms with E-state index in [-0.39, 0.29) is 22.5 Å². The van der Waals surface area contributed by atoms with Gasteiger partial charge in [-0.15, -0.1) is 13.2 Å². The Hall–Kier alpha value is -2.75. The van der Waals surface area contributed by atoms with E-state index in [9.17, 15) is 26.4 Å². The number of anilines is 1. The van der Waals surface area contributed by atoms with Crippen LogP contribution in [-0.2, 0) is 10.0 Å². The number of carbonyl (C=O) groups is 1. The third kappa shape index (κ3) is 5.36. The second kappa shape index (κ2) is 7.10. The Bertz CT molecular complexity index is 939. The topological polar surface area (TPSA) is 84.5 Å². The molecule has 10 heteroatoms. The summed E-state index contributed by atoms with van der Waals surface area (Å²) in [7, 11) is -4.05. The average molecular weight is 400 g/mol. The number of hydrogen-bond donors (Lipinski definition) is 2. The van der Waals surface area contributed by atoms with Crippen molar-refractivity contribution < 1.29 is 31.1 Å². The van der Waals surface area contributed by atoms with Gasteiger partial charge in [0, 0.05) is 17.3 Å². The van der Waals surface area contributed by atoms with Crippen molar-refractivity contribution in [2.75, 3.05) is 4.72 Å². The Labute approximate surface area is 153 Å². The SMILES string of the molecule is O=C(NC1CC1)c1cccc(NS(=O)(=O)c2ccc(OC(F)(F)F)cc2)c1. The highest BCUT2D eigenvalue weighted by Crippen LogP contribution is 2.25. The van der Waals surface area contributed by atoms with Crippen molar-refractivity contribution in [1.82, 2.24) is 5.32 Å². The van der Waals surface area contributed by atoms with E-state index in [0.717, 1.165) is 37.1 Å². The molecule has 1 amide bonds. The normalized spacial score (nSPS) is 14.5. The van der Waals surface area contributed by atoms with Gasteiger partial charge >= 0.3 is 6.36 Å². The molecule has 1 aliphatic carbocycles. The fourth-order valence-corrected chi connectivity index (χ4v) is 3.30. The first kappa shape index (κ1) is 19.0. The number of halogens is 3. The molecular formula is C17H15F3N2O4S. The van der Waals surface area contributed by atoms with Crippen molar-refractivity contribution in [1.29, 1.82) is 0 Å². The van der Waals surface area contributed by atoms with Crippen LogP contribution in [0.1, 0.15) is 23.2 Å². The summed E-state index contributed by atoms with van der Waals surface area (Å²) in [5, 5.41) is 2.79. The summed E-state index contributed by atoms with van der Waals surface area (Å²) >= 11 is 0. The van der Waals surface area contributed by atoms with Crippen LogP contribution in [0.3, 0.4) is 0 Å². The van der Waals surface area contributed by atoms with Gasteiger partial charge in [-0.1, -0.05) is 6.07 Å². The second-order valence-corrected chi connectivity index (χ2v) is 7.64. The molecule has 0 heterocycles. The van der Waals surface area contributed by atoms with Crippen LogP contribution in [0.5, 0.6) is 5.75 Å². The van der Waals surface area contributed by atoms with Gasteiger partial charge in [-0.05, 0) is 55.3 Å². The van der Waals surface area contributed by atoms with E-state index in [0.29, 0.717) is 5.56 Å². The number of sulfonamides is 1. The number of nitrogens with one attached hydrogen (secondary N) is 2. The minimum Gasteiger partial charge on any atom is -0.406 e. The molecule has 27 heavy (non-hydrogen) atoms. The van der Waals surface area contributed by atoms with Crippen molar-refractivity contribution in [2.45, 2.75) is 30.1 Å². The first-order valence-corrected chi connectivity index (χ1v) is 9.40. The molecule has 0 aliphatic heterocycles. The van der Waals surface area contributed by atoms with Gasteiger partial charge in [-0.2, -0.15) is 0 Å². The third-order valence-electron chi connectivity index (χ3n) is 3.66. The van der Waals surface area contributed by atoms with E-state index in [1.807, 2.05) is 0 Å². The minimum absolute atomic E-state index is 0.161. The second-order valence-electron chi connectivity index (χ2n) is 5.95. The highest BCUT2D eigenvalue weighted by Gasteiger charge is 2.31. The summed E-state index contributed by atoms with van der Waals surface area (Å²) in [4.78, 5) is 11.8. The van der Waals surface area contributed by atoms with Gasteiger partial charge in [0.2, 0.25) is 0 Å². The van der Waals surface area contributed by atoms with Gasteiger partial charge in [0.25, 0.3) is 15.9 Å². The number of carbonyl (C=O) groups excluding carboxylic acids is 1. The lowest BCUT2D eigenvalue weighted by molar-refractivity contribution is -0.274. The van der Waals surface area contributed by atoms with Crippen LogP contribution in [0.15, 0.2) is 53.4 Å². The van der Waals surface area contributed by atoms with Crippen LogP contribution in [0.2, 0.25) is 0 Å². The van der Waals surface area contributed by atoms with Gasteiger partial charge in [-0.25, -0.2) is 8.42 Å². The number of benzene rings is 2. The molecule has 0 spiro atoms. The van der Waals surface area contributed by atoms with E-state index >= 15 is 0 Å². The zero-order valence-electron chi connectivity index (χ0n) is 13.8. The molecule has 144 valence electrons. The standard InChI is InChI=1S/C17H15F3N2O4S/c18-17(19,20)26-14-6-8-15(9-7-14)27(24,25)22-13-3-1-2-11(10-13)16(23)21-12-4-5-12/h1-3,6-10,12,22H,4-5H2,(H,21,23). The summed E-state index contributed by atoms with van der Waals surface area (Å²) < 4.78 is 67.3. The zero-order chi connectivity index (χ0) is 19.7. The van der Waals surface area contributed by atoms with Crippen LogP contribution in [0, 0.1) is 0 Å². The molecule has 2 N–H and O–H groups in total. The van der Waals surface area contributed by atoms with Gasteiger partial charge in [0.15, 0.2) is 0 Å². The van der Waals surface area contributed by atoms with Crippen LogP contribution >= 0.6 is 0 Å². The Kier molecular flexibility index (Phi) is 5.01. The molecule has 1 saturated carbocycles. The lowest BCUT2D eigenvalue weighted by atomic mass is 10.2. The summed E-state index contributed by atoms with van der Waals surface area (Å²) in [5.74, 6) is -0.826. The minimum atomic E-state index is -4.86. The van der Waals surface area contributed by atoms with E-state index in [1.54, 1.807) is 6.07 Å². The number of hydrogen-bond acceptors (Lipinski definition) is 4. The number of rotatable bonds is 6. The molecule has 0 radical (unpaired) electrons. The maximum atomic E-state index is 12.4. The molecule has 1 fully saturated rings. The Balaban J connectivity index is 1.73. The molecule has 0 bridgehead atoms. The maximum Gasteiger partial charge on any atom is 0.573 e. The Morgan fingerprint density at radius 1 is 1.07 bits per heavy atom. The number of amides is 1. The molecule has 2 aromatic rings. The van der Waals surface area contributed by atoms with Crippen LogP contribution in [0.4, 0.5) is 18.9 Å². The van der Waals surface area contributed by atoms with E-state index in [1.165, 1.54) is 18.2 Å². The van der Waals surface area contributed by atoms with Crippen molar-refractivity contribution in [3.05, 3.63) is 54.1 Å². The molecule has 2 aromatic carbocycles. The van der Waals surface area contributed by atoms with Crippen LogP contribution in [0.25, 0.3) is 0 Å². The van der Waals surface area contributed by atoms with Gasteiger partial charge in [0.1, 0.15) is 5.75 Å². The van der Waals surface area contributed by atoms with Gasteiger partial charge in [0.05, 0.1) is 4.90 Å². The fourth-order valence-electron chi connectivity index (χ4n) is 2.25. The monoisotopic (exact) mass is 400 g/mol. The molecular weight excluding hydrogens is 385 g/mol. The average Bonchev–Trinajstić information content (AvgIpc) is 3.37. The number of alkyl halides is 3. The molecule has 0 aromatic heterocycles. The largest absolute Gasteiger partial charge is 0.573 e. The molecule has 0 saturated heterocycles. The van der Waals surface area contributed by atoms with Crippen LogP contribution < -0.4 is 14.8 Å². The Morgan fingerprint density at radius 2 is 1.74 bits per heavy atom. The third-order valence-corrected chi connectivity index (χ3v) is 5.05. The van der Waals surface area contributed by atoms with Gasteiger partial charge < -0.3 is 10.1 Å². The quantitative estimate of drug-likeness (QED) is 0.780. The molecule has 6 nitrogen and oxygen atoms in total. The zero-order valence-corrected chi connectivity index (χ0v) is 14.6. The van der Waals surface area contributed by atoms with E-state index in [4.69, 9.17) is 0 Å².